The number of thiophene rings is 1. The van der Waals surface area contributed by atoms with Gasteiger partial charge in [0.15, 0.2) is 0 Å². The SMILES string of the molecule is O=C(N/N=C1/C[C@H]2CC[C@@H]1C2)c1sc2ccccc2c1Cl. The van der Waals surface area contributed by atoms with E-state index >= 15 is 0 Å². The number of fused-ring (bicyclic) bond motifs is 3. The van der Waals surface area contributed by atoms with Gasteiger partial charge in [0.1, 0.15) is 4.88 Å². The number of benzene rings is 1. The maximum Gasteiger partial charge on any atom is 0.283 e. The van der Waals surface area contributed by atoms with Gasteiger partial charge in [0.2, 0.25) is 0 Å². The van der Waals surface area contributed by atoms with Crippen molar-refractivity contribution in [2.45, 2.75) is 25.7 Å². The molecule has 3 nitrogen and oxygen atoms in total. The summed E-state index contributed by atoms with van der Waals surface area (Å²) in [5.41, 5.74) is 3.87. The molecule has 0 radical (unpaired) electrons. The summed E-state index contributed by atoms with van der Waals surface area (Å²) in [6.45, 7) is 0. The summed E-state index contributed by atoms with van der Waals surface area (Å²) in [5, 5.41) is 5.82. The Balaban J connectivity index is 1.56. The maximum atomic E-state index is 12.3. The lowest BCUT2D eigenvalue weighted by Crippen LogP contribution is -2.21. The van der Waals surface area contributed by atoms with E-state index in [4.69, 9.17) is 11.6 Å². The molecular weight excluding hydrogens is 304 g/mol. The molecule has 0 unspecified atom stereocenters. The predicted molar refractivity (Wildman–Crippen MR) is 87.2 cm³/mol. The monoisotopic (exact) mass is 318 g/mol. The van der Waals surface area contributed by atoms with Crippen LogP contribution >= 0.6 is 22.9 Å². The van der Waals surface area contributed by atoms with Crippen molar-refractivity contribution in [3.63, 3.8) is 0 Å². The van der Waals surface area contributed by atoms with E-state index in [0.29, 0.717) is 15.8 Å². The fourth-order valence-corrected chi connectivity index (χ4v) is 4.90. The molecule has 21 heavy (non-hydrogen) atoms. The fourth-order valence-electron chi connectivity index (χ4n) is 3.50. The average molecular weight is 319 g/mol. The van der Waals surface area contributed by atoms with Gasteiger partial charge >= 0.3 is 0 Å². The number of halogens is 1. The molecule has 1 heterocycles. The first-order valence-electron chi connectivity index (χ1n) is 7.26. The van der Waals surface area contributed by atoms with Gasteiger partial charge in [-0.05, 0) is 43.6 Å². The molecular formula is C16H15ClN2OS. The summed E-state index contributed by atoms with van der Waals surface area (Å²) in [6.07, 6.45) is 4.84. The number of nitrogens with zero attached hydrogens (tertiary/aromatic N) is 1. The van der Waals surface area contributed by atoms with Gasteiger partial charge in [0, 0.05) is 15.8 Å². The number of nitrogens with one attached hydrogen (secondary N) is 1. The highest BCUT2D eigenvalue weighted by atomic mass is 35.5. The lowest BCUT2D eigenvalue weighted by Gasteiger charge is -2.11. The van der Waals surface area contributed by atoms with E-state index in [1.165, 1.54) is 30.6 Å². The van der Waals surface area contributed by atoms with Crippen LogP contribution in [0.3, 0.4) is 0 Å². The van der Waals surface area contributed by atoms with Crippen LogP contribution in [0.2, 0.25) is 5.02 Å². The minimum Gasteiger partial charge on any atom is -0.266 e. The topological polar surface area (TPSA) is 41.5 Å². The van der Waals surface area contributed by atoms with E-state index in [1.54, 1.807) is 0 Å². The fraction of sp³-hybridized carbons (Fsp3) is 0.375. The molecule has 2 aliphatic rings. The van der Waals surface area contributed by atoms with Gasteiger partial charge in [-0.3, -0.25) is 4.79 Å². The molecule has 2 aliphatic carbocycles. The lowest BCUT2D eigenvalue weighted by atomic mass is 9.99. The third-order valence-corrected chi connectivity index (χ3v) is 6.23. The molecule has 1 amide bonds. The second kappa shape index (κ2) is 5.11. The first kappa shape index (κ1) is 13.3. The van der Waals surface area contributed by atoms with Gasteiger partial charge in [0.05, 0.1) is 5.02 Å². The summed E-state index contributed by atoms with van der Waals surface area (Å²) in [4.78, 5) is 12.9. The standard InChI is InChI=1S/C16H15ClN2OS/c17-14-11-3-1-2-4-13(11)21-15(14)16(20)19-18-12-8-9-5-6-10(12)7-9/h1-4,9-10H,5-8H2,(H,19,20)/b18-12-/t9-,10+/m0/s1. The summed E-state index contributed by atoms with van der Waals surface area (Å²) in [5.74, 6) is 1.18. The summed E-state index contributed by atoms with van der Waals surface area (Å²) in [6, 6.07) is 7.79. The normalized spacial score (nSPS) is 25.9. The smallest absolute Gasteiger partial charge is 0.266 e. The van der Waals surface area contributed by atoms with E-state index in [-0.39, 0.29) is 5.91 Å². The molecule has 2 saturated carbocycles. The third-order valence-electron chi connectivity index (χ3n) is 4.55. The molecule has 108 valence electrons. The molecule has 1 aromatic heterocycles. The molecule has 1 N–H and O–H groups in total. The number of amides is 1. The van der Waals surface area contributed by atoms with Gasteiger partial charge < -0.3 is 0 Å². The van der Waals surface area contributed by atoms with Crippen molar-refractivity contribution >= 4 is 44.6 Å². The Bertz CT molecular complexity index is 752. The molecule has 4 rings (SSSR count). The van der Waals surface area contributed by atoms with Gasteiger partial charge in [-0.15, -0.1) is 11.3 Å². The molecule has 5 heteroatoms. The predicted octanol–water partition coefficient (Wildman–Crippen LogP) is 4.46. The number of hydrogen-bond donors (Lipinski definition) is 1. The van der Waals surface area contributed by atoms with Gasteiger partial charge in [-0.2, -0.15) is 5.10 Å². The zero-order valence-electron chi connectivity index (χ0n) is 11.4. The van der Waals surface area contributed by atoms with Crippen molar-refractivity contribution in [3.05, 3.63) is 34.2 Å². The minimum atomic E-state index is -0.198. The first-order chi connectivity index (χ1) is 10.2. The molecule has 1 aromatic carbocycles. The van der Waals surface area contributed by atoms with Gasteiger partial charge in [-0.25, -0.2) is 5.43 Å². The van der Waals surface area contributed by atoms with Crippen LogP contribution < -0.4 is 5.43 Å². The number of rotatable bonds is 2. The van der Waals surface area contributed by atoms with Crippen LogP contribution in [0.4, 0.5) is 0 Å². The quantitative estimate of drug-likeness (QED) is 0.816. The molecule has 0 saturated heterocycles. The van der Waals surface area contributed by atoms with Crippen LogP contribution in [0.25, 0.3) is 10.1 Å². The van der Waals surface area contributed by atoms with E-state index in [2.05, 4.69) is 10.5 Å². The van der Waals surface area contributed by atoms with Crippen molar-refractivity contribution in [3.8, 4) is 0 Å². The number of carbonyl (C=O) groups is 1. The Morgan fingerprint density at radius 3 is 2.90 bits per heavy atom. The zero-order valence-corrected chi connectivity index (χ0v) is 13.0. The van der Waals surface area contributed by atoms with Crippen LogP contribution in [-0.4, -0.2) is 11.6 Å². The second-order valence-electron chi connectivity index (χ2n) is 5.87. The summed E-state index contributed by atoms with van der Waals surface area (Å²) >= 11 is 7.73. The molecule has 2 aromatic rings. The van der Waals surface area contributed by atoms with Crippen LogP contribution in [-0.2, 0) is 0 Å². The Kier molecular flexibility index (Phi) is 3.23. The highest BCUT2D eigenvalue weighted by Crippen LogP contribution is 2.42. The van der Waals surface area contributed by atoms with Crippen LogP contribution in [0.15, 0.2) is 29.4 Å². The third kappa shape index (κ3) is 2.27. The van der Waals surface area contributed by atoms with Crippen molar-refractivity contribution < 1.29 is 4.79 Å². The van der Waals surface area contributed by atoms with E-state index in [9.17, 15) is 4.79 Å². The molecule has 0 aliphatic heterocycles. The minimum absolute atomic E-state index is 0.198. The van der Waals surface area contributed by atoms with Gasteiger partial charge in [-0.1, -0.05) is 29.8 Å². The Morgan fingerprint density at radius 2 is 2.19 bits per heavy atom. The maximum absolute atomic E-state index is 12.3. The summed E-state index contributed by atoms with van der Waals surface area (Å²) < 4.78 is 1.03. The van der Waals surface area contributed by atoms with Crippen LogP contribution in [0.5, 0.6) is 0 Å². The first-order valence-corrected chi connectivity index (χ1v) is 8.45. The van der Waals surface area contributed by atoms with Crippen LogP contribution in [0, 0.1) is 11.8 Å². The van der Waals surface area contributed by atoms with Crippen molar-refractivity contribution in [2.75, 3.05) is 0 Å². The highest BCUT2D eigenvalue weighted by Gasteiger charge is 2.36. The van der Waals surface area contributed by atoms with Crippen molar-refractivity contribution in [1.29, 1.82) is 0 Å². The van der Waals surface area contributed by atoms with Gasteiger partial charge in [0.25, 0.3) is 5.91 Å². The lowest BCUT2D eigenvalue weighted by molar-refractivity contribution is 0.0958. The van der Waals surface area contributed by atoms with E-state index in [0.717, 1.165) is 28.1 Å². The largest absolute Gasteiger partial charge is 0.283 e. The highest BCUT2D eigenvalue weighted by molar-refractivity contribution is 7.21. The van der Waals surface area contributed by atoms with E-state index < -0.39 is 0 Å². The Labute approximate surface area is 132 Å². The molecule has 2 bridgehead atoms. The summed E-state index contributed by atoms with van der Waals surface area (Å²) in [7, 11) is 0. The van der Waals surface area contributed by atoms with Crippen molar-refractivity contribution in [2.24, 2.45) is 16.9 Å². The molecule has 2 fully saturated rings. The average Bonchev–Trinajstić information content (AvgIpc) is 3.20. The Morgan fingerprint density at radius 1 is 1.33 bits per heavy atom. The second-order valence-corrected chi connectivity index (χ2v) is 7.30. The van der Waals surface area contributed by atoms with E-state index in [1.807, 2.05) is 24.3 Å². The Hall–Kier alpha value is -1.39. The van der Waals surface area contributed by atoms with Crippen LogP contribution in [0.1, 0.15) is 35.4 Å². The molecule has 0 spiro atoms. The van der Waals surface area contributed by atoms with Crippen molar-refractivity contribution in [1.82, 2.24) is 5.43 Å². The molecule has 2 atom stereocenters. The zero-order chi connectivity index (χ0) is 14.4. The number of hydrazone groups is 1. The number of carbonyl (C=O) groups excluding carboxylic acids is 1. The number of hydrogen-bond acceptors (Lipinski definition) is 3.